The van der Waals surface area contributed by atoms with Crippen LogP contribution in [0.2, 0.25) is 0 Å². The summed E-state index contributed by atoms with van der Waals surface area (Å²) in [6.07, 6.45) is 0. The van der Waals surface area contributed by atoms with Crippen molar-refractivity contribution in [3.05, 3.63) is 64.3 Å². The van der Waals surface area contributed by atoms with E-state index in [4.69, 9.17) is 4.84 Å². The fourth-order valence-corrected chi connectivity index (χ4v) is 3.94. The number of hydrogen-bond donors (Lipinski definition) is 1. The fraction of sp³-hybridized carbons (Fsp3) is 0.0714. The minimum Gasteiger partial charge on any atom is -0.269 e. The number of halogens is 3. The second-order valence-electron chi connectivity index (χ2n) is 3.95. The van der Waals surface area contributed by atoms with Gasteiger partial charge in [0, 0.05) is 10.7 Å². The summed E-state index contributed by atoms with van der Waals surface area (Å²) in [5.41, 5.74) is 4.14. The van der Waals surface area contributed by atoms with Gasteiger partial charge in [-0.1, -0.05) is 30.3 Å². The van der Waals surface area contributed by atoms with Crippen LogP contribution in [0.15, 0.2) is 42.5 Å². The van der Waals surface area contributed by atoms with E-state index in [2.05, 4.69) is 73.3 Å². The van der Waals surface area contributed by atoms with Gasteiger partial charge in [-0.15, -0.1) is 0 Å². The molecule has 0 aliphatic carbocycles. The maximum atomic E-state index is 12.1. The van der Waals surface area contributed by atoms with Crippen LogP contribution < -0.4 is 5.48 Å². The van der Waals surface area contributed by atoms with E-state index in [0.29, 0.717) is 12.2 Å². The maximum Gasteiger partial charge on any atom is 0.275 e. The first-order valence-corrected chi connectivity index (χ1v) is 8.92. The molecule has 20 heavy (non-hydrogen) atoms. The average Bonchev–Trinajstić information content (AvgIpc) is 2.44. The van der Waals surface area contributed by atoms with Crippen molar-refractivity contribution >= 4 is 73.7 Å². The Labute approximate surface area is 158 Å². The molecule has 0 fully saturated rings. The number of hydrogen-bond acceptors (Lipinski definition) is 2. The third kappa shape index (κ3) is 4.53. The summed E-state index contributed by atoms with van der Waals surface area (Å²) in [5, 5.41) is 0. The van der Waals surface area contributed by atoms with Crippen LogP contribution in [0.1, 0.15) is 15.9 Å². The lowest BCUT2D eigenvalue weighted by molar-refractivity contribution is 0.0232. The predicted octanol–water partition coefficient (Wildman–Crippen LogP) is 4.36. The summed E-state index contributed by atoms with van der Waals surface area (Å²) in [7, 11) is 0. The van der Waals surface area contributed by atoms with Gasteiger partial charge in [0.15, 0.2) is 0 Å². The Morgan fingerprint density at radius 3 is 2.50 bits per heavy atom. The summed E-state index contributed by atoms with van der Waals surface area (Å²) in [6.45, 7) is 0.351. The lowest BCUT2D eigenvalue weighted by Gasteiger charge is -2.09. The number of benzene rings is 2. The molecule has 0 saturated carbocycles. The highest BCUT2D eigenvalue weighted by Gasteiger charge is 2.13. The highest BCUT2D eigenvalue weighted by molar-refractivity contribution is 14.1. The molecule has 3 nitrogen and oxygen atoms in total. The number of amides is 1. The number of carbonyl (C=O) groups excluding carboxylic acids is 1. The summed E-state index contributed by atoms with van der Waals surface area (Å²) in [4.78, 5) is 17.4. The van der Waals surface area contributed by atoms with Crippen LogP contribution in [0.3, 0.4) is 0 Å². The highest BCUT2D eigenvalue weighted by Crippen LogP contribution is 2.22. The number of rotatable bonds is 4. The van der Waals surface area contributed by atoms with Crippen molar-refractivity contribution in [1.29, 1.82) is 0 Å². The first-order valence-electron chi connectivity index (χ1n) is 5.68. The molecule has 0 atom stereocenters. The van der Waals surface area contributed by atoms with Crippen molar-refractivity contribution in [2.75, 3.05) is 0 Å². The molecule has 0 bridgehead atoms. The average molecular weight is 605 g/mol. The van der Waals surface area contributed by atoms with Crippen LogP contribution in [0.5, 0.6) is 0 Å². The van der Waals surface area contributed by atoms with Gasteiger partial charge in [-0.05, 0) is 85.5 Å². The van der Waals surface area contributed by atoms with Crippen molar-refractivity contribution in [3.63, 3.8) is 0 Å². The highest BCUT2D eigenvalue weighted by atomic mass is 127. The monoisotopic (exact) mass is 605 g/mol. The van der Waals surface area contributed by atoms with Crippen LogP contribution in [-0.4, -0.2) is 5.91 Å². The third-order valence-corrected chi connectivity index (χ3v) is 6.15. The molecule has 6 heteroatoms. The van der Waals surface area contributed by atoms with Crippen LogP contribution in [0.25, 0.3) is 0 Å². The minimum atomic E-state index is -0.221. The minimum absolute atomic E-state index is 0.221. The predicted molar refractivity (Wildman–Crippen MR) is 103 cm³/mol. The normalized spacial score (nSPS) is 10.3. The lowest BCUT2D eigenvalue weighted by atomic mass is 10.2. The zero-order valence-electron chi connectivity index (χ0n) is 10.2. The number of hydroxylamine groups is 1. The maximum absolute atomic E-state index is 12.1. The molecule has 1 N–H and O–H groups in total. The molecule has 0 saturated heterocycles. The van der Waals surface area contributed by atoms with Crippen molar-refractivity contribution in [2.45, 2.75) is 6.61 Å². The Bertz CT molecular complexity index is 617. The van der Waals surface area contributed by atoms with Crippen LogP contribution >= 0.6 is 67.8 Å². The smallest absolute Gasteiger partial charge is 0.269 e. The summed E-state index contributed by atoms with van der Waals surface area (Å²) < 4.78 is 3.02. The van der Waals surface area contributed by atoms with Crippen LogP contribution in [-0.2, 0) is 11.4 Å². The molecule has 0 heterocycles. The summed E-state index contributed by atoms with van der Waals surface area (Å²) in [6, 6.07) is 13.6. The van der Waals surface area contributed by atoms with E-state index < -0.39 is 0 Å². The zero-order valence-corrected chi connectivity index (χ0v) is 16.7. The fourth-order valence-electron chi connectivity index (χ4n) is 1.54. The van der Waals surface area contributed by atoms with Crippen molar-refractivity contribution in [3.8, 4) is 0 Å². The second kappa shape index (κ2) is 7.90. The lowest BCUT2D eigenvalue weighted by Crippen LogP contribution is -2.24. The molecular formula is C14H10I3NO2. The molecule has 2 aromatic rings. The van der Waals surface area contributed by atoms with Crippen LogP contribution in [0.4, 0.5) is 0 Å². The van der Waals surface area contributed by atoms with Crippen LogP contribution in [0, 0.1) is 10.7 Å². The van der Waals surface area contributed by atoms with E-state index in [1.54, 1.807) is 0 Å². The molecule has 0 unspecified atom stereocenters. The third-order valence-electron chi connectivity index (χ3n) is 2.48. The number of carbonyl (C=O) groups is 1. The van der Waals surface area contributed by atoms with Gasteiger partial charge in [-0.25, -0.2) is 5.48 Å². The first-order chi connectivity index (χ1) is 9.58. The van der Waals surface area contributed by atoms with Gasteiger partial charge in [-0.2, -0.15) is 0 Å². The van der Waals surface area contributed by atoms with E-state index in [1.165, 1.54) is 0 Å². The van der Waals surface area contributed by atoms with E-state index >= 15 is 0 Å². The zero-order chi connectivity index (χ0) is 14.5. The van der Waals surface area contributed by atoms with E-state index in [9.17, 15) is 4.79 Å². The molecule has 0 aliphatic rings. The Morgan fingerprint density at radius 1 is 1.10 bits per heavy atom. The molecule has 0 aliphatic heterocycles. The van der Waals surface area contributed by atoms with Gasteiger partial charge >= 0.3 is 0 Å². The first kappa shape index (κ1) is 16.4. The largest absolute Gasteiger partial charge is 0.275 e. The van der Waals surface area contributed by atoms with E-state index in [1.807, 2.05) is 42.5 Å². The molecule has 0 spiro atoms. The van der Waals surface area contributed by atoms with Crippen molar-refractivity contribution in [1.82, 2.24) is 5.48 Å². The number of nitrogens with one attached hydrogen (secondary N) is 1. The van der Waals surface area contributed by atoms with Gasteiger partial charge in [0.25, 0.3) is 5.91 Å². The molecule has 0 aromatic heterocycles. The SMILES string of the molecule is O=C(NOCc1ccccc1)c1cc(I)cc(I)c1I. The molecule has 1 amide bonds. The standard InChI is InChI=1S/C14H10I3NO2/c15-10-6-11(13(17)12(16)7-10)14(19)18-20-8-9-4-2-1-3-5-9/h1-7H,8H2,(H,18,19). The van der Waals surface area contributed by atoms with Crippen molar-refractivity contribution < 1.29 is 9.63 Å². The molecule has 2 aromatic carbocycles. The van der Waals surface area contributed by atoms with Gasteiger partial charge in [0.05, 0.1) is 12.2 Å². The van der Waals surface area contributed by atoms with Crippen molar-refractivity contribution in [2.24, 2.45) is 0 Å². The Balaban J connectivity index is 1.99. The second-order valence-corrected chi connectivity index (χ2v) is 7.44. The van der Waals surface area contributed by atoms with Gasteiger partial charge < -0.3 is 0 Å². The van der Waals surface area contributed by atoms with E-state index in [0.717, 1.165) is 16.3 Å². The Morgan fingerprint density at radius 2 is 1.80 bits per heavy atom. The van der Waals surface area contributed by atoms with Gasteiger partial charge in [0.1, 0.15) is 0 Å². The molecular weight excluding hydrogens is 595 g/mol. The Hall–Kier alpha value is 0.0600. The summed E-state index contributed by atoms with van der Waals surface area (Å²) >= 11 is 6.59. The van der Waals surface area contributed by atoms with Gasteiger partial charge in [0.2, 0.25) is 0 Å². The van der Waals surface area contributed by atoms with Gasteiger partial charge in [-0.3, -0.25) is 9.63 Å². The van der Waals surface area contributed by atoms with E-state index in [-0.39, 0.29) is 5.91 Å². The molecule has 2 rings (SSSR count). The molecule has 104 valence electrons. The summed E-state index contributed by atoms with van der Waals surface area (Å²) in [5.74, 6) is -0.221. The Kier molecular flexibility index (Phi) is 6.49. The molecule has 0 radical (unpaired) electrons. The topological polar surface area (TPSA) is 38.3 Å². The quantitative estimate of drug-likeness (QED) is 0.320.